The molecule has 16 heavy (non-hydrogen) atoms. The summed E-state index contributed by atoms with van der Waals surface area (Å²) >= 11 is 5.95. The maximum Gasteiger partial charge on any atom is 0.298 e. The highest BCUT2D eigenvalue weighted by atomic mass is 35.7. The van der Waals surface area contributed by atoms with Gasteiger partial charge in [0.2, 0.25) is 0 Å². The zero-order valence-electron chi connectivity index (χ0n) is 8.27. The Hall–Kier alpha value is -0.920. The molecule has 2 rings (SSSR count). The topological polar surface area (TPSA) is 77.2 Å². The van der Waals surface area contributed by atoms with Crippen molar-refractivity contribution >= 4 is 37.1 Å². The van der Waals surface area contributed by atoms with Gasteiger partial charge in [-0.1, -0.05) is 11.6 Å². The lowest BCUT2D eigenvalue weighted by atomic mass is 10.3. The summed E-state index contributed by atoms with van der Waals surface area (Å²) < 4.78 is 23.3. The summed E-state index contributed by atoms with van der Waals surface area (Å²) in [5.41, 5.74) is 1.11. The number of hydrogen-bond donors (Lipinski definition) is 0. The van der Waals surface area contributed by atoms with Crippen molar-refractivity contribution in [1.29, 1.82) is 0 Å². The molecule has 0 aromatic carbocycles. The highest BCUT2D eigenvalue weighted by Gasteiger charge is 2.19. The third kappa shape index (κ3) is 1.74. The van der Waals surface area contributed by atoms with E-state index < -0.39 is 14.2 Å². The number of aryl methyl sites for hydroxylation is 2. The second kappa shape index (κ2) is 3.54. The zero-order chi connectivity index (χ0) is 12.1. The van der Waals surface area contributed by atoms with Crippen LogP contribution in [0.4, 0.5) is 0 Å². The average molecular weight is 281 g/mol. The van der Waals surface area contributed by atoms with Crippen molar-refractivity contribution in [2.75, 3.05) is 0 Å². The van der Waals surface area contributed by atoms with E-state index in [4.69, 9.17) is 22.3 Å². The van der Waals surface area contributed by atoms with E-state index in [9.17, 15) is 8.42 Å². The lowest BCUT2D eigenvalue weighted by Gasteiger charge is -2.02. The molecule has 0 aliphatic rings. The summed E-state index contributed by atoms with van der Waals surface area (Å²) in [6, 6.07) is 0. The molecule has 2 aromatic heterocycles. The van der Waals surface area contributed by atoms with Crippen LogP contribution < -0.4 is 0 Å². The number of nitrogens with zero attached hydrogens (tertiary/aromatic N) is 4. The molecule has 2 heterocycles. The van der Waals surface area contributed by atoms with Crippen LogP contribution in [0.15, 0.2) is 5.16 Å². The van der Waals surface area contributed by atoms with Gasteiger partial charge in [-0.15, -0.1) is 5.10 Å². The Morgan fingerprint density at radius 2 is 1.88 bits per heavy atom. The molecule has 0 aliphatic carbocycles. The van der Waals surface area contributed by atoms with Gasteiger partial charge in [-0.3, -0.25) is 0 Å². The van der Waals surface area contributed by atoms with Crippen molar-refractivity contribution in [3.8, 4) is 0 Å². The number of fused-ring (bicyclic) bond motifs is 1. The van der Waals surface area contributed by atoms with Crippen molar-refractivity contribution in [3.63, 3.8) is 0 Å². The summed E-state index contributed by atoms with van der Waals surface area (Å²) in [5, 5.41) is 3.66. The molecule has 0 amide bonds. The molecule has 0 atom stereocenters. The number of hydrogen-bond acceptors (Lipinski definition) is 5. The molecule has 0 saturated carbocycles. The fourth-order valence-electron chi connectivity index (χ4n) is 1.24. The van der Waals surface area contributed by atoms with Gasteiger partial charge in [0.1, 0.15) is 0 Å². The van der Waals surface area contributed by atoms with Gasteiger partial charge in [0, 0.05) is 10.7 Å². The Morgan fingerprint density at radius 3 is 2.44 bits per heavy atom. The van der Waals surface area contributed by atoms with Gasteiger partial charge in [-0.05, 0) is 13.8 Å². The lowest BCUT2D eigenvalue weighted by Crippen LogP contribution is -2.00. The largest absolute Gasteiger partial charge is 0.298 e. The van der Waals surface area contributed by atoms with Crippen LogP contribution in [0.3, 0.4) is 0 Å². The van der Waals surface area contributed by atoms with Gasteiger partial charge in [-0.2, -0.15) is 9.50 Å². The molecule has 0 unspecified atom stereocenters. The first kappa shape index (κ1) is 11.6. The van der Waals surface area contributed by atoms with Crippen LogP contribution in [0.25, 0.3) is 5.78 Å². The quantitative estimate of drug-likeness (QED) is 0.737. The van der Waals surface area contributed by atoms with Gasteiger partial charge >= 0.3 is 0 Å². The van der Waals surface area contributed by atoms with Crippen LogP contribution in [0.1, 0.15) is 11.4 Å². The van der Waals surface area contributed by atoms with E-state index in [-0.39, 0.29) is 5.78 Å². The van der Waals surface area contributed by atoms with E-state index in [2.05, 4.69) is 15.1 Å². The van der Waals surface area contributed by atoms with E-state index >= 15 is 0 Å². The minimum absolute atomic E-state index is 0.152. The summed E-state index contributed by atoms with van der Waals surface area (Å²) in [5.74, 6) is 0.152. The molecule has 0 bridgehead atoms. The fraction of sp³-hybridized carbons (Fsp3) is 0.286. The number of halogens is 2. The summed E-state index contributed by atoms with van der Waals surface area (Å²) in [6.45, 7) is 3.38. The lowest BCUT2D eigenvalue weighted by molar-refractivity contribution is 0.600. The number of rotatable bonds is 1. The molecular weight excluding hydrogens is 275 g/mol. The van der Waals surface area contributed by atoms with Crippen LogP contribution in [0.5, 0.6) is 0 Å². The Kier molecular flexibility index (Phi) is 2.56. The van der Waals surface area contributed by atoms with Gasteiger partial charge in [0.25, 0.3) is 20.0 Å². The fourth-order valence-corrected chi connectivity index (χ4v) is 1.93. The van der Waals surface area contributed by atoms with E-state index in [1.807, 2.05) is 0 Å². The number of aromatic nitrogens is 4. The van der Waals surface area contributed by atoms with Crippen LogP contribution in [-0.4, -0.2) is 28.0 Å². The van der Waals surface area contributed by atoms with Crippen LogP contribution >= 0.6 is 22.3 Å². The van der Waals surface area contributed by atoms with Gasteiger partial charge in [-0.25, -0.2) is 13.4 Å². The first-order valence-electron chi connectivity index (χ1n) is 4.15. The third-order valence-electron chi connectivity index (χ3n) is 2.01. The maximum absolute atomic E-state index is 11.0. The molecule has 0 radical (unpaired) electrons. The normalized spacial score (nSPS) is 12.2. The maximum atomic E-state index is 11.0. The van der Waals surface area contributed by atoms with Crippen molar-refractivity contribution in [3.05, 3.63) is 16.4 Å². The highest BCUT2D eigenvalue weighted by molar-refractivity contribution is 8.13. The molecule has 86 valence electrons. The minimum atomic E-state index is -3.96. The second-order valence-corrected chi connectivity index (χ2v) is 5.98. The van der Waals surface area contributed by atoms with Gasteiger partial charge in [0.05, 0.1) is 16.4 Å². The molecule has 2 aromatic rings. The van der Waals surface area contributed by atoms with E-state index in [0.29, 0.717) is 16.4 Å². The van der Waals surface area contributed by atoms with Gasteiger partial charge in [0.15, 0.2) is 0 Å². The van der Waals surface area contributed by atoms with Crippen molar-refractivity contribution < 1.29 is 8.42 Å². The monoisotopic (exact) mass is 280 g/mol. The third-order valence-corrected chi connectivity index (χ3v) is 3.58. The molecule has 6 nitrogen and oxygen atoms in total. The first-order chi connectivity index (χ1) is 7.30. The first-order valence-corrected chi connectivity index (χ1v) is 6.83. The van der Waals surface area contributed by atoms with Crippen molar-refractivity contribution in [2.24, 2.45) is 0 Å². The second-order valence-electron chi connectivity index (χ2n) is 3.14. The minimum Gasteiger partial charge on any atom is -0.215 e. The molecule has 0 spiro atoms. The molecule has 0 saturated heterocycles. The molecular formula is C7H6Cl2N4O2S. The standard InChI is InChI=1S/C7H6Cl2N4O2S/c1-3-5(8)4(2)13-6(10-3)11-7(12-13)16(9,14)15/h1-2H3. The van der Waals surface area contributed by atoms with E-state index in [1.54, 1.807) is 13.8 Å². The SMILES string of the molecule is Cc1nc2nc(S(=O)(=O)Cl)nn2c(C)c1Cl. The average Bonchev–Trinajstić information content (AvgIpc) is 2.57. The van der Waals surface area contributed by atoms with Crippen LogP contribution in [-0.2, 0) is 9.05 Å². The van der Waals surface area contributed by atoms with Crippen molar-refractivity contribution in [1.82, 2.24) is 19.6 Å². The Balaban J connectivity index is 2.87. The van der Waals surface area contributed by atoms with Crippen LogP contribution in [0, 0.1) is 13.8 Å². The Morgan fingerprint density at radius 1 is 1.25 bits per heavy atom. The smallest absolute Gasteiger partial charge is 0.215 e. The van der Waals surface area contributed by atoms with E-state index in [1.165, 1.54) is 4.52 Å². The molecule has 0 fully saturated rings. The summed E-state index contributed by atoms with van der Waals surface area (Å²) in [6.07, 6.45) is 0. The predicted octanol–water partition coefficient (Wildman–Crippen LogP) is 1.32. The molecule has 0 N–H and O–H groups in total. The predicted molar refractivity (Wildman–Crippen MR) is 58.3 cm³/mol. The zero-order valence-corrected chi connectivity index (χ0v) is 10.6. The van der Waals surface area contributed by atoms with Crippen LogP contribution in [0.2, 0.25) is 5.02 Å². The Bertz CT molecular complexity index is 679. The summed E-state index contributed by atoms with van der Waals surface area (Å²) in [7, 11) is 1.17. The highest BCUT2D eigenvalue weighted by Crippen LogP contribution is 2.20. The summed E-state index contributed by atoms with van der Waals surface area (Å²) in [4.78, 5) is 7.71. The van der Waals surface area contributed by atoms with Gasteiger partial charge < -0.3 is 0 Å². The molecule has 9 heteroatoms. The van der Waals surface area contributed by atoms with E-state index in [0.717, 1.165) is 0 Å². The molecule has 0 aliphatic heterocycles. The Labute approximate surface area is 101 Å². The van der Waals surface area contributed by atoms with Crippen molar-refractivity contribution in [2.45, 2.75) is 19.0 Å².